The lowest BCUT2D eigenvalue weighted by atomic mass is 9.97. The first kappa shape index (κ1) is 16.7. The van der Waals surface area contributed by atoms with Gasteiger partial charge in [-0.2, -0.15) is 0 Å². The number of amides is 1. The lowest BCUT2D eigenvalue weighted by Gasteiger charge is -2.23. The Hall–Kier alpha value is -2.17. The van der Waals surface area contributed by atoms with Crippen molar-refractivity contribution in [3.63, 3.8) is 0 Å². The van der Waals surface area contributed by atoms with Gasteiger partial charge >= 0.3 is 0 Å². The minimum absolute atomic E-state index is 0.0406. The highest BCUT2D eigenvalue weighted by molar-refractivity contribution is 7.09. The van der Waals surface area contributed by atoms with Crippen molar-refractivity contribution in [2.45, 2.75) is 31.8 Å². The van der Waals surface area contributed by atoms with Gasteiger partial charge in [-0.3, -0.25) is 4.79 Å². The van der Waals surface area contributed by atoms with Crippen LogP contribution >= 0.6 is 11.3 Å². The first-order valence-electron chi connectivity index (χ1n) is 8.19. The average Bonchev–Trinajstić information content (AvgIpc) is 3.10. The van der Waals surface area contributed by atoms with Crippen molar-refractivity contribution in [2.75, 3.05) is 0 Å². The smallest absolute Gasteiger partial charge is 0.220 e. The van der Waals surface area contributed by atoms with Crippen molar-refractivity contribution >= 4 is 28.0 Å². The first-order chi connectivity index (χ1) is 11.6. The minimum Gasteiger partial charge on any atom is -0.348 e. The maximum Gasteiger partial charge on any atom is 0.220 e. The van der Waals surface area contributed by atoms with E-state index in [0.717, 1.165) is 17.4 Å². The van der Waals surface area contributed by atoms with Gasteiger partial charge in [-0.25, -0.2) is 0 Å². The largest absolute Gasteiger partial charge is 0.348 e. The summed E-state index contributed by atoms with van der Waals surface area (Å²) >= 11 is 1.68. The summed E-state index contributed by atoms with van der Waals surface area (Å²) in [5, 5.41) is 7.48. The van der Waals surface area contributed by atoms with Gasteiger partial charge in [-0.05, 0) is 47.2 Å². The van der Waals surface area contributed by atoms with Crippen LogP contribution in [0.1, 0.15) is 29.8 Å². The lowest BCUT2D eigenvalue weighted by Crippen LogP contribution is -2.39. The number of aryl methyl sites for hydroxylation is 1. The highest BCUT2D eigenvalue weighted by Crippen LogP contribution is 2.22. The van der Waals surface area contributed by atoms with E-state index < -0.39 is 0 Å². The molecule has 2 atom stereocenters. The van der Waals surface area contributed by atoms with Crippen LogP contribution in [0, 0.1) is 0 Å². The summed E-state index contributed by atoms with van der Waals surface area (Å²) < 4.78 is 0. The molecule has 3 N–H and O–H groups in total. The average molecular weight is 338 g/mol. The number of fused-ring (bicyclic) bond motifs is 1. The van der Waals surface area contributed by atoms with Crippen molar-refractivity contribution in [1.82, 2.24) is 5.32 Å². The summed E-state index contributed by atoms with van der Waals surface area (Å²) in [6.07, 6.45) is 1.25. The normalized spacial score (nSPS) is 13.6. The molecule has 2 aromatic carbocycles. The third-order valence-electron chi connectivity index (χ3n) is 4.15. The Kier molecular flexibility index (Phi) is 5.28. The molecule has 3 aromatic rings. The van der Waals surface area contributed by atoms with E-state index in [1.54, 1.807) is 11.3 Å². The predicted octanol–water partition coefficient (Wildman–Crippen LogP) is 4.04. The molecule has 0 fully saturated rings. The second kappa shape index (κ2) is 7.60. The molecule has 24 heavy (non-hydrogen) atoms. The number of hydrogen-bond acceptors (Lipinski definition) is 3. The Balaban J connectivity index is 1.72. The summed E-state index contributed by atoms with van der Waals surface area (Å²) in [6.45, 7) is 1.93. The van der Waals surface area contributed by atoms with Crippen LogP contribution < -0.4 is 11.1 Å². The number of nitrogens with two attached hydrogens (primary N) is 1. The van der Waals surface area contributed by atoms with Crippen LogP contribution in [-0.4, -0.2) is 11.9 Å². The third kappa shape index (κ3) is 4.02. The molecule has 0 saturated heterocycles. The van der Waals surface area contributed by atoms with Gasteiger partial charge in [0.15, 0.2) is 0 Å². The Morgan fingerprint density at radius 2 is 1.92 bits per heavy atom. The molecular weight excluding hydrogens is 316 g/mol. The molecule has 0 radical (unpaired) electrons. The zero-order chi connectivity index (χ0) is 16.9. The first-order valence-corrected chi connectivity index (χ1v) is 9.07. The molecule has 1 amide bonds. The summed E-state index contributed by atoms with van der Waals surface area (Å²) in [6, 6.07) is 18.2. The van der Waals surface area contributed by atoms with Gasteiger partial charge in [0.1, 0.15) is 0 Å². The van der Waals surface area contributed by atoms with E-state index in [1.165, 1.54) is 10.3 Å². The Labute approximate surface area is 146 Å². The fourth-order valence-electron chi connectivity index (χ4n) is 2.86. The van der Waals surface area contributed by atoms with Gasteiger partial charge in [0.25, 0.3) is 0 Å². The highest BCUT2D eigenvalue weighted by Gasteiger charge is 2.19. The lowest BCUT2D eigenvalue weighted by molar-refractivity contribution is -0.121. The number of benzene rings is 2. The molecule has 0 saturated carbocycles. The molecular formula is C20H22N2OS. The molecule has 3 rings (SSSR count). The molecule has 3 nitrogen and oxygen atoms in total. The van der Waals surface area contributed by atoms with Crippen LogP contribution in [0.4, 0.5) is 0 Å². The molecule has 0 spiro atoms. The van der Waals surface area contributed by atoms with Crippen molar-refractivity contribution in [2.24, 2.45) is 5.73 Å². The van der Waals surface area contributed by atoms with Crippen molar-refractivity contribution < 1.29 is 4.79 Å². The van der Waals surface area contributed by atoms with Gasteiger partial charge in [-0.1, -0.05) is 42.5 Å². The Bertz CT molecular complexity index is 811. The third-order valence-corrected chi connectivity index (χ3v) is 5.09. The van der Waals surface area contributed by atoms with Gasteiger partial charge in [-0.15, -0.1) is 11.3 Å². The van der Waals surface area contributed by atoms with Gasteiger partial charge in [0.2, 0.25) is 5.91 Å². The van der Waals surface area contributed by atoms with E-state index in [2.05, 4.69) is 41.7 Å². The Morgan fingerprint density at radius 1 is 1.12 bits per heavy atom. The summed E-state index contributed by atoms with van der Waals surface area (Å²) in [7, 11) is 0. The zero-order valence-electron chi connectivity index (χ0n) is 13.7. The van der Waals surface area contributed by atoms with Gasteiger partial charge in [0.05, 0.1) is 6.04 Å². The van der Waals surface area contributed by atoms with Crippen LogP contribution in [0.25, 0.3) is 10.8 Å². The van der Waals surface area contributed by atoms with Crippen LogP contribution in [0.2, 0.25) is 0 Å². The van der Waals surface area contributed by atoms with Crippen LogP contribution in [0.3, 0.4) is 0 Å². The second-order valence-electron chi connectivity index (χ2n) is 6.09. The fourth-order valence-corrected chi connectivity index (χ4v) is 3.57. The molecule has 1 aromatic heterocycles. The molecule has 0 aliphatic carbocycles. The zero-order valence-corrected chi connectivity index (χ0v) is 14.6. The second-order valence-corrected chi connectivity index (χ2v) is 7.12. The van der Waals surface area contributed by atoms with E-state index in [9.17, 15) is 4.79 Å². The molecule has 1 heterocycles. The van der Waals surface area contributed by atoms with Crippen LogP contribution in [0.15, 0.2) is 60.0 Å². The number of carbonyl (C=O) groups is 1. The number of rotatable bonds is 6. The van der Waals surface area contributed by atoms with Crippen molar-refractivity contribution in [1.29, 1.82) is 0 Å². The summed E-state index contributed by atoms with van der Waals surface area (Å²) in [5.41, 5.74) is 7.19. The van der Waals surface area contributed by atoms with E-state index in [0.29, 0.717) is 6.42 Å². The van der Waals surface area contributed by atoms with Gasteiger partial charge < -0.3 is 11.1 Å². The maximum absolute atomic E-state index is 12.3. The van der Waals surface area contributed by atoms with E-state index >= 15 is 0 Å². The fraction of sp³-hybridized carbons (Fsp3) is 0.250. The minimum atomic E-state index is -0.176. The SMILES string of the molecule is CC(N)C(NC(=O)CCc1cccs1)c1ccc2ccccc2c1. The van der Waals surface area contributed by atoms with Gasteiger partial charge in [0, 0.05) is 17.3 Å². The molecule has 124 valence electrons. The van der Waals surface area contributed by atoms with E-state index in [1.807, 2.05) is 30.5 Å². The van der Waals surface area contributed by atoms with E-state index in [4.69, 9.17) is 5.73 Å². The number of thiophene rings is 1. The molecule has 0 aliphatic heterocycles. The predicted molar refractivity (Wildman–Crippen MR) is 101 cm³/mol. The quantitative estimate of drug-likeness (QED) is 0.713. The van der Waals surface area contributed by atoms with Crippen molar-refractivity contribution in [3.8, 4) is 0 Å². The molecule has 4 heteroatoms. The molecule has 0 bridgehead atoms. The number of hydrogen-bond donors (Lipinski definition) is 2. The maximum atomic E-state index is 12.3. The summed E-state index contributed by atoms with van der Waals surface area (Å²) in [4.78, 5) is 13.6. The topological polar surface area (TPSA) is 55.1 Å². The number of carbonyl (C=O) groups excluding carboxylic acids is 1. The molecule has 2 unspecified atom stereocenters. The highest BCUT2D eigenvalue weighted by atomic mass is 32.1. The summed E-state index contributed by atoms with van der Waals surface area (Å²) in [5.74, 6) is 0.0406. The Morgan fingerprint density at radius 3 is 2.62 bits per heavy atom. The van der Waals surface area contributed by atoms with E-state index in [-0.39, 0.29) is 18.0 Å². The number of nitrogens with one attached hydrogen (secondary N) is 1. The standard InChI is InChI=1S/C20H22N2OS/c1-14(21)20(22-19(23)11-10-18-7-4-12-24-18)17-9-8-15-5-2-3-6-16(15)13-17/h2-9,12-14,20H,10-11,21H2,1H3,(H,22,23). The molecule has 0 aliphatic rings. The van der Waals surface area contributed by atoms with Crippen LogP contribution in [-0.2, 0) is 11.2 Å². The monoisotopic (exact) mass is 338 g/mol. The van der Waals surface area contributed by atoms with Crippen LogP contribution in [0.5, 0.6) is 0 Å². The van der Waals surface area contributed by atoms with Crippen molar-refractivity contribution in [3.05, 3.63) is 70.4 Å².